The zero-order valence-corrected chi connectivity index (χ0v) is 18.7. The van der Waals surface area contributed by atoms with E-state index in [1.807, 2.05) is 0 Å². The van der Waals surface area contributed by atoms with E-state index >= 15 is 0 Å². The third-order valence-electron chi connectivity index (χ3n) is 6.03. The first-order chi connectivity index (χ1) is 13.6. The van der Waals surface area contributed by atoms with Crippen molar-refractivity contribution in [1.29, 1.82) is 0 Å². The van der Waals surface area contributed by atoms with E-state index < -0.39 is 5.96 Å². The molecule has 0 spiro atoms. The fraction of sp³-hybridized carbons (Fsp3) is 0.308. The average molecular weight is 411 g/mol. The summed E-state index contributed by atoms with van der Waals surface area (Å²) in [7, 11) is 0. The molecule has 3 aromatic carbocycles. The molecule has 0 heterocycles. The average Bonchev–Trinajstić information content (AvgIpc) is 2.78. The van der Waals surface area contributed by atoms with Crippen LogP contribution in [0.25, 0.3) is 0 Å². The maximum absolute atomic E-state index is 8.16. The van der Waals surface area contributed by atoms with Crippen LogP contribution >= 0.6 is 17.2 Å². The molecule has 1 unspecified atom stereocenters. The van der Waals surface area contributed by atoms with Gasteiger partial charge in [0.05, 0.1) is 0 Å². The Bertz CT molecular complexity index is 746. The third kappa shape index (κ3) is 3.91. The van der Waals surface area contributed by atoms with E-state index in [1.54, 1.807) is 0 Å². The molecule has 2 heteroatoms. The van der Waals surface area contributed by atoms with Crippen molar-refractivity contribution < 1.29 is 0 Å². The van der Waals surface area contributed by atoms with E-state index in [1.165, 1.54) is 35.2 Å². The molecule has 0 fully saturated rings. The van der Waals surface area contributed by atoms with Gasteiger partial charge in [-0.3, -0.25) is 0 Å². The van der Waals surface area contributed by atoms with Gasteiger partial charge in [-0.1, -0.05) is 0 Å². The first-order valence-electron chi connectivity index (χ1n) is 10.5. The molecule has 148 valence electrons. The Labute approximate surface area is 175 Å². The third-order valence-corrected chi connectivity index (χ3v) is 13.5. The Hall–Kier alpha value is -1.62. The van der Waals surface area contributed by atoms with E-state index in [0.29, 0.717) is 5.92 Å². The number of benzene rings is 3. The van der Waals surface area contributed by atoms with Gasteiger partial charge in [-0.25, -0.2) is 0 Å². The van der Waals surface area contributed by atoms with Crippen molar-refractivity contribution in [2.75, 3.05) is 6.16 Å². The van der Waals surface area contributed by atoms with Crippen molar-refractivity contribution in [3.63, 3.8) is 0 Å². The van der Waals surface area contributed by atoms with Crippen molar-refractivity contribution in [3.8, 4) is 0 Å². The standard InChI is InChI=1S/C26H32ClP/c1-3-5-15-23(4-2)22-28(27,24-16-9-6-10-17-24,25-18-11-7-12-19-25)26-20-13-8-14-21-26/h6-14,16-21,23H,3-5,15,22H2,1-2H3. The van der Waals surface area contributed by atoms with Crippen LogP contribution in [0.1, 0.15) is 39.5 Å². The van der Waals surface area contributed by atoms with Crippen LogP contribution in [0.2, 0.25) is 0 Å². The molecule has 0 aliphatic rings. The number of hydrogen-bond donors (Lipinski definition) is 0. The second-order valence-electron chi connectivity index (χ2n) is 7.79. The zero-order chi connectivity index (χ0) is 19.9. The summed E-state index contributed by atoms with van der Waals surface area (Å²) < 4.78 is 0. The zero-order valence-electron chi connectivity index (χ0n) is 17.1. The molecule has 3 aromatic rings. The minimum atomic E-state index is -3.10. The first kappa shape index (κ1) is 21.1. The summed E-state index contributed by atoms with van der Waals surface area (Å²) in [4.78, 5) is 0. The molecule has 1 atom stereocenters. The molecule has 0 N–H and O–H groups in total. The Kier molecular flexibility index (Phi) is 6.97. The Morgan fingerprint density at radius 2 is 1.07 bits per heavy atom. The van der Waals surface area contributed by atoms with Gasteiger partial charge in [0.15, 0.2) is 0 Å². The van der Waals surface area contributed by atoms with Gasteiger partial charge in [0.1, 0.15) is 0 Å². The maximum atomic E-state index is 8.16. The molecule has 0 radical (unpaired) electrons. The SMILES string of the molecule is CCCCC(CC)CP(Cl)(c1ccccc1)(c1ccccc1)c1ccccc1. The molecular formula is C26H32ClP. The first-order valence-corrected chi connectivity index (χ1v) is 13.9. The predicted octanol–water partition coefficient (Wildman–Crippen LogP) is 6.89. The van der Waals surface area contributed by atoms with Gasteiger partial charge in [-0.15, -0.1) is 0 Å². The quantitative estimate of drug-likeness (QED) is 0.337. The molecular weight excluding hydrogens is 379 g/mol. The number of hydrogen-bond acceptors (Lipinski definition) is 0. The number of rotatable bonds is 9. The summed E-state index contributed by atoms with van der Waals surface area (Å²) in [5, 5.41) is 3.84. The summed E-state index contributed by atoms with van der Waals surface area (Å²) in [6.07, 6.45) is 5.92. The van der Waals surface area contributed by atoms with Crippen LogP contribution in [0, 0.1) is 5.92 Å². The van der Waals surface area contributed by atoms with Crippen LogP contribution < -0.4 is 15.9 Å². The Morgan fingerprint density at radius 3 is 1.39 bits per heavy atom. The van der Waals surface area contributed by atoms with Gasteiger partial charge in [0.2, 0.25) is 0 Å². The molecule has 0 bridgehead atoms. The fourth-order valence-corrected chi connectivity index (χ4v) is 11.3. The van der Waals surface area contributed by atoms with Gasteiger partial charge in [-0.05, 0) is 0 Å². The van der Waals surface area contributed by atoms with Gasteiger partial charge in [0, 0.05) is 0 Å². The van der Waals surface area contributed by atoms with Crippen LogP contribution in [-0.2, 0) is 0 Å². The second-order valence-corrected chi connectivity index (χ2v) is 14.3. The normalized spacial score (nSPS) is 14.2. The second kappa shape index (κ2) is 9.25. The fourth-order valence-electron chi connectivity index (χ4n) is 4.38. The van der Waals surface area contributed by atoms with Gasteiger partial charge in [-0.2, -0.15) is 0 Å². The van der Waals surface area contributed by atoms with Gasteiger partial charge < -0.3 is 0 Å². The summed E-state index contributed by atoms with van der Waals surface area (Å²) in [5.74, 6) is -2.49. The van der Waals surface area contributed by atoms with Crippen molar-refractivity contribution >= 4 is 33.1 Å². The predicted molar refractivity (Wildman–Crippen MR) is 129 cm³/mol. The van der Waals surface area contributed by atoms with Crippen LogP contribution in [0.15, 0.2) is 91.0 Å². The monoisotopic (exact) mass is 410 g/mol. The van der Waals surface area contributed by atoms with Crippen molar-refractivity contribution in [3.05, 3.63) is 91.0 Å². The van der Waals surface area contributed by atoms with E-state index in [9.17, 15) is 0 Å². The number of unbranched alkanes of at least 4 members (excludes halogenated alkanes) is 1. The molecule has 3 rings (SSSR count). The summed E-state index contributed by atoms with van der Waals surface area (Å²) in [5.41, 5.74) is 0. The van der Waals surface area contributed by atoms with Gasteiger partial charge >= 0.3 is 176 Å². The topological polar surface area (TPSA) is 0 Å². The van der Waals surface area contributed by atoms with Crippen molar-refractivity contribution in [2.24, 2.45) is 5.92 Å². The molecule has 0 aliphatic carbocycles. The molecule has 0 aromatic heterocycles. The van der Waals surface area contributed by atoms with Crippen LogP contribution in [0.3, 0.4) is 0 Å². The Balaban J connectivity index is 2.30. The Morgan fingerprint density at radius 1 is 0.679 bits per heavy atom. The molecule has 28 heavy (non-hydrogen) atoms. The van der Waals surface area contributed by atoms with Crippen molar-refractivity contribution in [1.82, 2.24) is 0 Å². The molecule has 0 nitrogen and oxygen atoms in total. The van der Waals surface area contributed by atoms with Crippen molar-refractivity contribution in [2.45, 2.75) is 39.5 Å². The summed E-state index contributed by atoms with van der Waals surface area (Å²) in [6.45, 7) is 4.60. The summed E-state index contributed by atoms with van der Waals surface area (Å²) in [6, 6.07) is 32.6. The molecule has 0 amide bonds. The minimum absolute atomic E-state index is 0.607. The molecule has 0 saturated heterocycles. The molecule has 0 aliphatic heterocycles. The summed E-state index contributed by atoms with van der Waals surface area (Å²) >= 11 is 8.16. The van der Waals surface area contributed by atoms with Crippen LogP contribution in [0.5, 0.6) is 0 Å². The van der Waals surface area contributed by atoms with E-state index in [4.69, 9.17) is 11.2 Å². The number of halogens is 1. The van der Waals surface area contributed by atoms with Gasteiger partial charge in [0.25, 0.3) is 0 Å². The van der Waals surface area contributed by atoms with Crippen LogP contribution in [-0.4, -0.2) is 6.16 Å². The molecule has 0 saturated carbocycles. The van der Waals surface area contributed by atoms with E-state index in [-0.39, 0.29) is 0 Å². The van der Waals surface area contributed by atoms with E-state index in [0.717, 1.165) is 12.6 Å². The van der Waals surface area contributed by atoms with Crippen LogP contribution in [0.4, 0.5) is 0 Å². The van der Waals surface area contributed by atoms with E-state index in [2.05, 4.69) is 105 Å².